The average Bonchev–Trinajstić information content (AvgIpc) is 3.05. The number of rotatable bonds is 3. The third kappa shape index (κ3) is 3.69. The van der Waals surface area contributed by atoms with Crippen molar-refractivity contribution in [3.05, 3.63) is 46.2 Å². The Hall–Kier alpha value is -2.20. The van der Waals surface area contributed by atoms with Crippen molar-refractivity contribution >= 4 is 40.1 Å². The van der Waals surface area contributed by atoms with E-state index in [4.69, 9.17) is 22.1 Å². The van der Waals surface area contributed by atoms with Crippen LogP contribution in [0.5, 0.6) is 0 Å². The number of H-pyrrole nitrogens is 1. The molecule has 3 N–H and O–H groups in total. The second-order valence-corrected chi connectivity index (χ2v) is 9.65. The van der Waals surface area contributed by atoms with Gasteiger partial charge in [0.05, 0.1) is 47.4 Å². The number of hydrogen-bond acceptors (Lipinski definition) is 8. The number of aromatic nitrogens is 4. The van der Waals surface area contributed by atoms with Crippen LogP contribution in [0.25, 0.3) is 10.9 Å². The van der Waals surface area contributed by atoms with Gasteiger partial charge in [0, 0.05) is 29.4 Å². The minimum absolute atomic E-state index is 0.0820. The van der Waals surface area contributed by atoms with Crippen LogP contribution in [-0.2, 0) is 4.74 Å². The van der Waals surface area contributed by atoms with Crippen LogP contribution in [0.4, 0.5) is 5.82 Å². The van der Waals surface area contributed by atoms with Gasteiger partial charge in [-0.2, -0.15) is 0 Å². The summed E-state index contributed by atoms with van der Waals surface area (Å²) in [7, 11) is 0. The monoisotopic (exact) mass is 458 g/mol. The maximum atomic E-state index is 12.1. The third-order valence-corrected chi connectivity index (χ3v) is 7.95. The van der Waals surface area contributed by atoms with E-state index in [0.29, 0.717) is 21.0 Å². The van der Waals surface area contributed by atoms with Crippen molar-refractivity contribution in [2.75, 3.05) is 24.6 Å². The van der Waals surface area contributed by atoms with Gasteiger partial charge < -0.3 is 20.4 Å². The molecule has 4 heterocycles. The minimum Gasteiger partial charge on any atom is -0.376 e. The van der Waals surface area contributed by atoms with Gasteiger partial charge in [0.15, 0.2) is 0 Å². The van der Waals surface area contributed by atoms with Crippen LogP contribution in [0.2, 0.25) is 5.02 Å². The van der Waals surface area contributed by atoms with Gasteiger partial charge in [-0.25, -0.2) is 15.0 Å². The zero-order valence-corrected chi connectivity index (χ0v) is 18.6. The Labute approximate surface area is 188 Å². The van der Waals surface area contributed by atoms with E-state index < -0.39 is 0 Å². The molecule has 2 aliphatic heterocycles. The number of anilines is 1. The second-order valence-electron chi connectivity index (χ2n) is 8.21. The summed E-state index contributed by atoms with van der Waals surface area (Å²) in [6.45, 7) is 4.58. The molecule has 10 heteroatoms. The molecule has 5 rings (SSSR count). The lowest BCUT2D eigenvalue weighted by molar-refractivity contribution is 0.0974. The maximum absolute atomic E-state index is 12.1. The van der Waals surface area contributed by atoms with Gasteiger partial charge >= 0.3 is 0 Å². The number of nitrogens with one attached hydrogen (secondary N) is 1. The molecule has 2 saturated heterocycles. The smallest absolute Gasteiger partial charge is 0.260 e. The van der Waals surface area contributed by atoms with Crippen LogP contribution in [0.3, 0.4) is 0 Å². The number of nitrogens with zero attached hydrogens (tertiary/aromatic N) is 4. The molecule has 0 saturated carbocycles. The van der Waals surface area contributed by atoms with Crippen LogP contribution in [0, 0.1) is 5.41 Å². The highest BCUT2D eigenvalue weighted by atomic mass is 35.5. The molecule has 1 spiro atoms. The molecule has 0 unspecified atom stereocenters. The number of hydrogen-bond donors (Lipinski definition) is 2. The first-order valence-corrected chi connectivity index (χ1v) is 11.4. The minimum atomic E-state index is -0.261. The quantitative estimate of drug-likeness (QED) is 0.616. The fourth-order valence-electron chi connectivity index (χ4n) is 4.47. The van der Waals surface area contributed by atoms with E-state index in [-0.39, 0.29) is 23.1 Å². The Morgan fingerprint density at radius 3 is 2.74 bits per heavy atom. The average molecular weight is 459 g/mol. The first-order chi connectivity index (χ1) is 15.0. The standard InChI is InChI=1S/C21H23ClN6O2S/c1-12-19(23)21(10-30-12)4-6-28(7-5-21)15-8-25-16(9-24-15)31-14-3-2-13-17(18(14)22)20(29)27-11-26-13/h2-3,8-9,11-12,19H,4-7,10,23H2,1H3,(H,26,27,29)/t12-,19+/m0/s1. The Bertz CT molecular complexity index is 1160. The predicted molar refractivity (Wildman–Crippen MR) is 121 cm³/mol. The van der Waals surface area contributed by atoms with Gasteiger partial charge in [0.2, 0.25) is 0 Å². The van der Waals surface area contributed by atoms with E-state index in [9.17, 15) is 4.79 Å². The van der Waals surface area contributed by atoms with E-state index in [1.165, 1.54) is 18.1 Å². The molecule has 2 aliphatic rings. The Morgan fingerprint density at radius 1 is 1.26 bits per heavy atom. The number of ether oxygens (including phenoxy) is 1. The van der Waals surface area contributed by atoms with Crippen molar-refractivity contribution in [2.24, 2.45) is 11.1 Å². The summed E-state index contributed by atoms with van der Waals surface area (Å²) < 4.78 is 5.80. The van der Waals surface area contributed by atoms with Crippen LogP contribution in [0.15, 0.2) is 45.6 Å². The molecule has 162 valence electrons. The first kappa shape index (κ1) is 20.7. The molecule has 1 aromatic carbocycles. The summed E-state index contributed by atoms with van der Waals surface area (Å²) in [5.74, 6) is 0.852. The largest absolute Gasteiger partial charge is 0.376 e. The zero-order chi connectivity index (χ0) is 21.6. The number of aromatic amines is 1. The highest BCUT2D eigenvalue weighted by Gasteiger charge is 2.47. The maximum Gasteiger partial charge on any atom is 0.260 e. The summed E-state index contributed by atoms with van der Waals surface area (Å²) in [6, 6.07) is 3.71. The highest BCUT2D eigenvalue weighted by Crippen LogP contribution is 2.42. The molecule has 0 amide bonds. The van der Waals surface area contributed by atoms with Gasteiger partial charge in [-0.05, 0) is 31.9 Å². The molecular formula is C21H23ClN6O2S. The van der Waals surface area contributed by atoms with Crippen LogP contribution >= 0.6 is 23.4 Å². The van der Waals surface area contributed by atoms with E-state index in [0.717, 1.165) is 43.3 Å². The van der Waals surface area contributed by atoms with E-state index >= 15 is 0 Å². The molecule has 0 aliphatic carbocycles. The van der Waals surface area contributed by atoms with Crippen LogP contribution in [-0.4, -0.2) is 51.8 Å². The SMILES string of the molecule is C[C@@H]1OCC2(CCN(c3cnc(Sc4ccc5nc[nH]c(=O)c5c4Cl)cn3)CC2)[C@@H]1N. The summed E-state index contributed by atoms with van der Waals surface area (Å²) in [6.07, 6.45) is 7.00. The van der Waals surface area contributed by atoms with Gasteiger partial charge in [-0.15, -0.1) is 0 Å². The van der Waals surface area contributed by atoms with Crippen LogP contribution in [0.1, 0.15) is 19.8 Å². The lowest BCUT2D eigenvalue weighted by Gasteiger charge is -2.41. The first-order valence-electron chi connectivity index (χ1n) is 10.2. The topological polar surface area (TPSA) is 110 Å². The highest BCUT2D eigenvalue weighted by molar-refractivity contribution is 7.99. The molecule has 2 atom stereocenters. The number of piperidine rings is 1. The Morgan fingerprint density at radius 2 is 2.06 bits per heavy atom. The Kier molecular flexibility index (Phi) is 5.37. The molecule has 8 nitrogen and oxygen atoms in total. The van der Waals surface area contributed by atoms with E-state index in [1.54, 1.807) is 18.5 Å². The van der Waals surface area contributed by atoms with Gasteiger partial charge in [-0.3, -0.25) is 4.79 Å². The lowest BCUT2D eigenvalue weighted by Crippen LogP contribution is -2.50. The van der Waals surface area contributed by atoms with Gasteiger partial charge in [0.25, 0.3) is 5.56 Å². The van der Waals surface area contributed by atoms with E-state index in [2.05, 4.69) is 31.8 Å². The number of benzene rings is 1. The fraction of sp³-hybridized carbons (Fsp3) is 0.429. The summed E-state index contributed by atoms with van der Waals surface area (Å²) >= 11 is 7.84. The van der Waals surface area contributed by atoms with E-state index in [1.807, 2.05) is 6.07 Å². The summed E-state index contributed by atoms with van der Waals surface area (Å²) in [4.78, 5) is 31.0. The number of halogens is 1. The molecule has 2 fully saturated rings. The van der Waals surface area contributed by atoms with Crippen molar-refractivity contribution in [1.29, 1.82) is 0 Å². The zero-order valence-electron chi connectivity index (χ0n) is 17.0. The van der Waals surface area contributed by atoms with Crippen molar-refractivity contribution in [3.63, 3.8) is 0 Å². The second kappa shape index (κ2) is 8.05. The molecular weight excluding hydrogens is 436 g/mol. The summed E-state index contributed by atoms with van der Waals surface area (Å²) in [5, 5.41) is 1.46. The third-order valence-electron chi connectivity index (χ3n) is 6.47. The summed E-state index contributed by atoms with van der Waals surface area (Å²) in [5.41, 5.74) is 6.79. The lowest BCUT2D eigenvalue weighted by atomic mass is 9.73. The van der Waals surface area contributed by atoms with Crippen molar-refractivity contribution in [2.45, 2.75) is 41.8 Å². The molecule has 2 aromatic heterocycles. The van der Waals surface area contributed by atoms with Crippen molar-refractivity contribution in [3.8, 4) is 0 Å². The van der Waals surface area contributed by atoms with Crippen molar-refractivity contribution < 1.29 is 4.74 Å². The van der Waals surface area contributed by atoms with Gasteiger partial charge in [0.1, 0.15) is 10.8 Å². The normalized spacial score (nSPS) is 23.0. The molecule has 31 heavy (non-hydrogen) atoms. The molecule has 0 bridgehead atoms. The predicted octanol–water partition coefficient (Wildman–Crippen LogP) is 2.85. The van der Waals surface area contributed by atoms with Crippen molar-refractivity contribution in [1.82, 2.24) is 19.9 Å². The number of fused-ring (bicyclic) bond motifs is 1. The van der Waals surface area contributed by atoms with Crippen LogP contribution < -0.4 is 16.2 Å². The molecule has 3 aromatic rings. The number of nitrogens with two attached hydrogens (primary N) is 1. The Balaban J connectivity index is 1.29. The molecule has 0 radical (unpaired) electrons. The fourth-order valence-corrected chi connectivity index (χ4v) is 5.60. The van der Waals surface area contributed by atoms with Gasteiger partial charge in [-0.1, -0.05) is 23.4 Å².